The van der Waals surface area contributed by atoms with Gasteiger partial charge in [0.05, 0.1) is 11.4 Å². The molecule has 0 saturated carbocycles. The second kappa shape index (κ2) is 9.74. The summed E-state index contributed by atoms with van der Waals surface area (Å²) in [6.07, 6.45) is 3.63. The first-order valence-corrected chi connectivity index (χ1v) is 10.1. The van der Waals surface area contributed by atoms with Crippen molar-refractivity contribution >= 4 is 35.5 Å². The zero-order chi connectivity index (χ0) is 22.5. The van der Waals surface area contributed by atoms with Crippen LogP contribution in [0.25, 0.3) is 11.8 Å². The SMILES string of the molecule is Cc1nn(-c2ccc(F)cc2)c(Cl)c1C=CC(=O)OCC(=O)N1CCC(C(N)=O)CC1. The molecule has 2 aromatic rings. The summed E-state index contributed by atoms with van der Waals surface area (Å²) in [6, 6.07) is 5.66. The van der Waals surface area contributed by atoms with Gasteiger partial charge in [-0.3, -0.25) is 9.59 Å². The van der Waals surface area contributed by atoms with Gasteiger partial charge >= 0.3 is 5.97 Å². The average molecular weight is 449 g/mol. The molecule has 0 unspecified atom stereocenters. The summed E-state index contributed by atoms with van der Waals surface area (Å²) in [4.78, 5) is 37.0. The Hall–Kier alpha value is -3.20. The molecular formula is C21H22ClFN4O4. The van der Waals surface area contributed by atoms with E-state index < -0.39 is 12.6 Å². The molecule has 0 radical (unpaired) electrons. The second-order valence-corrected chi connectivity index (χ2v) is 7.53. The van der Waals surface area contributed by atoms with Crippen molar-refractivity contribution in [3.63, 3.8) is 0 Å². The molecule has 1 aromatic carbocycles. The quantitative estimate of drug-likeness (QED) is 0.538. The van der Waals surface area contributed by atoms with Crippen LogP contribution >= 0.6 is 11.6 Å². The molecule has 2 amide bonds. The molecule has 1 fully saturated rings. The van der Waals surface area contributed by atoms with Gasteiger partial charge in [-0.2, -0.15) is 5.10 Å². The fraction of sp³-hybridized carbons (Fsp3) is 0.333. The van der Waals surface area contributed by atoms with Crippen LogP contribution in [0.4, 0.5) is 4.39 Å². The summed E-state index contributed by atoms with van der Waals surface area (Å²) in [5.74, 6) is -1.99. The van der Waals surface area contributed by atoms with E-state index in [1.165, 1.54) is 35.0 Å². The maximum atomic E-state index is 13.1. The van der Waals surface area contributed by atoms with Crippen LogP contribution in [0.1, 0.15) is 24.1 Å². The van der Waals surface area contributed by atoms with Crippen LogP contribution in [0, 0.1) is 18.7 Å². The van der Waals surface area contributed by atoms with Crippen LogP contribution < -0.4 is 5.73 Å². The smallest absolute Gasteiger partial charge is 0.331 e. The van der Waals surface area contributed by atoms with Gasteiger partial charge < -0.3 is 15.4 Å². The maximum absolute atomic E-state index is 13.1. The Kier molecular flexibility index (Phi) is 7.06. The summed E-state index contributed by atoms with van der Waals surface area (Å²) < 4.78 is 19.6. The predicted octanol–water partition coefficient (Wildman–Crippen LogP) is 2.25. The van der Waals surface area contributed by atoms with E-state index in [1.54, 1.807) is 11.8 Å². The molecule has 10 heteroatoms. The number of benzene rings is 1. The van der Waals surface area contributed by atoms with Gasteiger partial charge in [-0.25, -0.2) is 13.9 Å². The van der Waals surface area contributed by atoms with Gasteiger partial charge in [0.1, 0.15) is 11.0 Å². The molecule has 2 heterocycles. The van der Waals surface area contributed by atoms with Crippen LogP contribution in [-0.2, 0) is 19.1 Å². The normalized spacial score (nSPS) is 14.7. The Balaban J connectivity index is 1.56. The van der Waals surface area contributed by atoms with Crippen LogP contribution in [-0.4, -0.2) is 52.2 Å². The summed E-state index contributed by atoms with van der Waals surface area (Å²) in [5, 5.41) is 4.56. The largest absolute Gasteiger partial charge is 0.452 e. The third kappa shape index (κ3) is 5.49. The van der Waals surface area contributed by atoms with Crippen LogP contribution in [0.2, 0.25) is 5.15 Å². The molecule has 0 aliphatic carbocycles. The number of hydrogen-bond donors (Lipinski definition) is 1. The van der Waals surface area contributed by atoms with Crippen molar-refractivity contribution in [1.82, 2.24) is 14.7 Å². The van der Waals surface area contributed by atoms with E-state index in [1.807, 2.05) is 0 Å². The molecule has 8 nitrogen and oxygen atoms in total. The minimum absolute atomic E-state index is 0.224. The molecule has 1 aliphatic heterocycles. The third-order valence-electron chi connectivity index (χ3n) is 5.09. The van der Waals surface area contributed by atoms with Gasteiger partial charge in [0, 0.05) is 30.6 Å². The van der Waals surface area contributed by atoms with E-state index >= 15 is 0 Å². The molecular weight excluding hydrogens is 427 g/mol. The van der Waals surface area contributed by atoms with Crippen molar-refractivity contribution in [1.29, 1.82) is 0 Å². The lowest BCUT2D eigenvalue weighted by atomic mass is 9.96. The highest BCUT2D eigenvalue weighted by molar-refractivity contribution is 6.31. The Morgan fingerprint density at radius 3 is 2.52 bits per heavy atom. The maximum Gasteiger partial charge on any atom is 0.331 e. The zero-order valence-corrected chi connectivity index (χ0v) is 17.6. The lowest BCUT2D eigenvalue weighted by molar-refractivity contribution is -0.149. The number of nitrogens with two attached hydrogens (primary N) is 1. The number of piperidine rings is 1. The van der Waals surface area contributed by atoms with Gasteiger partial charge in [0.15, 0.2) is 6.61 Å². The molecule has 164 valence electrons. The highest BCUT2D eigenvalue weighted by atomic mass is 35.5. The van der Waals surface area contributed by atoms with Crippen LogP contribution in [0.3, 0.4) is 0 Å². The molecule has 3 rings (SSSR count). The molecule has 31 heavy (non-hydrogen) atoms. The van der Waals surface area contributed by atoms with Gasteiger partial charge in [-0.1, -0.05) is 11.6 Å². The van der Waals surface area contributed by atoms with Crippen molar-refractivity contribution in [2.24, 2.45) is 11.7 Å². The number of carbonyl (C=O) groups excluding carboxylic acids is 3. The van der Waals surface area contributed by atoms with E-state index in [4.69, 9.17) is 22.1 Å². The number of likely N-dealkylation sites (tertiary alicyclic amines) is 1. The topological polar surface area (TPSA) is 108 Å². The first-order valence-electron chi connectivity index (χ1n) is 9.69. The van der Waals surface area contributed by atoms with E-state index in [0.717, 1.165) is 6.08 Å². The minimum atomic E-state index is -0.703. The number of ether oxygens (including phenoxy) is 1. The number of aryl methyl sites for hydroxylation is 1. The minimum Gasteiger partial charge on any atom is -0.452 e. The van der Waals surface area contributed by atoms with Crippen molar-refractivity contribution < 1.29 is 23.5 Å². The van der Waals surface area contributed by atoms with E-state index in [9.17, 15) is 18.8 Å². The van der Waals surface area contributed by atoms with Gasteiger partial charge in [-0.05, 0) is 50.1 Å². The Labute approximate surface area is 183 Å². The first kappa shape index (κ1) is 22.5. The standard InChI is InChI=1S/C21H22ClFN4O4/c1-13-17(20(22)27(25-13)16-4-2-15(23)3-5-16)6-7-19(29)31-12-18(28)26-10-8-14(9-11-26)21(24)30/h2-7,14H,8-12H2,1H3,(H2,24,30). The number of hydrogen-bond acceptors (Lipinski definition) is 5. The van der Waals surface area contributed by atoms with Crippen molar-refractivity contribution in [3.05, 3.63) is 52.6 Å². The predicted molar refractivity (Wildman–Crippen MR) is 112 cm³/mol. The van der Waals surface area contributed by atoms with Gasteiger partial charge in [0.2, 0.25) is 5.91 Å². The Bertz CT molecular complexity index is 1010. The fourth-order valence-electron chi connectivity index (χ4n) is 3.29. The number of nitrogens with zero attached hydrogens (tertiary/aromatic N) is 3. The van der Waals surface area contributed by atoms with Crippen LogP contribution in [0.5, 0.6) is 0 Å². The summed E-state index contributed by atoms with van der Waals surface area (Å²) >= 11 is 6.36. The molecule has 2 N–H and O–H groups in total. The molecule has 1 aromatic heterocycles. The molecule has 1 saturated heterocycles. The van der Waals surface area contributed by atoms with Gasteiger partial charge in [0.25, 0.3) is 5.91 Å². The number of aromatic nitrogens is 2. The number of amides is 2. The fourth-order valence-corrected chi connectivity index (χ4v) is 3.63. The zero-order valence-electron chi connectivity index (χ0n) is 16.9. The number of rotatable bonds is 6. The first-order chi connectivity index (χ1) is 14.8. The summed E-state index contributed by atoms with van der Waals surface area (Å²) in [6.45, 7) is 2.12. The number of primary amides is 1. The van der Waals surface area contributed by atoms with E-state index in [-0.39, 0.29) is 28.7 Å². The molecule has 0 spiro atoms. The van der Waals surface area contributed by atoms with Crippen molar-refractivity contribution in [2.75, 3.05) is 19.7 Å². The highest BCUT2D eigenvalue weighted by Crippen LogP contribution is 2.25. The van der Waals surface area contributed by atoms with E-state index in [2.05, 4.69) is 5.10 Å². The lowest BCUT2D eigenvalue weighted by Gasteiger charge is -2.30. The second-order valence-electron chi connectivity index (χ2n) is 7.18. The van der Waals surface area contributed by atoms with E-state index in [0.29, 0.717) is 42.9 Å². The lowest BCUT2D eigenvalue weighted by Crippen LogP contribution is -2.43. The average Bonchev–Trinajstić information content (AvgIpc) is 3.04. The van der Waals surface area contributed by atoms with Gasteiger partial charge in [-0.15, -0.1) is 0 Å². The number of carbonyl (C=O) groups is 3. The summed E-state index contributed by atoms with van der Waals surface area (Å²) in [7, 11) is 0. The highest BCUT2D eigenvalue weighted by Gasteiger charge is 2.26. The Morgan fingerprint density at radius 1 is 1.26 bits per heavy atom. The third-order valence-corrected chi connectivity index (χ3v) is 5.46. The Morgan fingerprint density at radius 2 is 1.90 bits per heavy atom. The monoisotopic (exact) mass is 448 g/mol. The molecule has 0 bridgehead atoms. The number of halogens is 2. The van der Waals surface area contributed by atoms with Crippen molar-refractivity contribution in [3.8, 4) is 5.69 Å². The molecule has 1 aliphatic rings. The molecule has 0 atom stereocenters. The van der Waals surface area contributed by atoms with Crippen LogP contribution in [0.15, 0.2) is 30.3 Å². The van der Waals surface area contributed by atoms with Crippen molar-refractivity contribution in [2.45, 2.75) is 19.8 Å². The summed E-state index contributed by atoms with van der Waals surface area (Å²) in [5.41, 5.74) is 6.92. The number of esters is 1.